The molecule has 23 heavy (non-hydrogen) atoms. The number of pyridine rings is 1. The molecular formula is C16H23N5O2. The minimum Gasteiger partial charge on any atom is -0.473 e. The zero-order chi connectivity index (χ0) is 17.2. The lowest BCUT2D eigenvalue weighted by Gasteiger charge is -2.19. The molecule has 2 rings (SSSR count). The molecule has 0 aliphatic rings. The molecule has 0 aliphatic heterocycles. The SMILES string of the molecule is Cc1cccc(OCc2c(C)cccc2N(C)N)n1.NNC=O. The smallest absolute Gasteiger partial charge is 0.221 e. The van der Waals surface area contributed by atoms with Gasteiger partial charge in [-0.05, 0) is 31.5 Å². The highest BCUT2D eigenvalue weighted by molar-refractivity contribution is 5.55. The molecule has 1 aromatic carbocycles. The lowest BCUT2D eigenvalue weighted by atomic mass is 10.1. The van der Waals surface area contributed by atoms with Gasteiger partial charge in [-0.2, -0.15) is 0 Å². The molecule has 0 bridgehead atoms. The first kappa shape index (κ1) is 18.4. The third-order valence-electron chi connectivity index (χ3n) is 3.06. The average Bonchev–Trinajstić information content (AvgIpc) is 2.53. The van der Waals surface area contributed by atoms with E-state index < -0.39 is 0 Å². The third kappa shape index (κ3) is 5.93. The summed E-state index contributed by atoms with van der Waals surface area (Å²) < 4.78 is 5.75. The Kier molecular flexibility index (Phi) is 7.52. The fraction of sp³-hybridized carbons (Fsp3) is 0.250. The molecule has 2 aromatic rings. The predicted molar refractivity (Wildman–Crippen MR) is 90.5 cm³/mol. The molecule has 0 radical (unpaired) electrons. The van der Waals surface area contributed by atoms with Crippen LogP contribution in [-0.2, 0) is 11.4 Å². The van der Waals surface area contributed by atoms with E-state index in [1.807, 2.05) is 44.3 Å². The number of hydrogen-bond acceptors (Lipinski definition) is 6. The van der Waals surface area contributed by atoms with Crippen LogP contribution in [0.3, 0.4) is 0 Å². The molecule has 0 aliphatic carbocycles. The van der Waals surface area contributed by atoms with E-state index in [1.54, 1.807) is 10.4 Å². The standard InChI is InChI=1S/C15H19N3O.CH4N2O/c1-11-6-4-8-14(18(3)16)13(11)10-19-15-9-5-7-12(2)17-15;2-3-1-4/h4-9H,10,16H2,1-3H3;1H,2H2,(H,3,4). The molecule has 0 fully saturated rings. The number of carbonyl (C=O) groups excluding carboxylic acids is 1. The Hall–Kier alpha value is -2.64. The van der Waals surface area contributed by atoms with Gasteiger partial charge in [0.1, 0.15) is 6.61 Å². The van der Waals surface area contributed by atoms with Gasteiger partial charge in [0.25, 0.3) is 0 Å². The molecule has 1 amide bonds. The minimum absolute atomic E-state index is 0.403. The van der Waals surface area contributed by atoms with Crippen molar-refractivity contribution in [1.29, 1.82) is 0 Å². The summed E-state index contributed by atoms with van der Waals surface area (Å²) >= 11 is 0. The van der Waals surface area contributed by atoms with Crippen LogP contribution in [-0.4, -0.2) is 18.4 Å². The maximum absolute atomic E-state index is 8.94. The van der Waals surface area contributed by atoms with Gasteiger partial charge in [-0.3, -0.25) is 10.2 Å². The number of anilines is 1. The highest BCUT2D eigenvalue weighted by atomic mass is 16.5. The molecule has 0 unspecified atom stereocenters. The van der Waals surface area contributed by atoms with Crippen molar-refractivity contribution in [2.75, 3.05) is 12.1 Å². The van der Waals surface area contributed by atoms with Crippen LogP contribution in [0.2, 0.25) is 0 Å². The fourth-order valence-corrected chi connectivity index (χ4v) is 1.95. The van der Waals surface area contributed by atoms with Crippen LogP contribution in [0.4, 0.5) is 5.69 Å². The van der Waals surface area contributed by atoms with E-state index in [0.29, 0.717) is 18.9 Å². The van der Waals surface area contributed by atoms with E-state index in [-0.39, 0.29) is 0 Å². The Balaban J connectivity index is 0.000000593. The first-order valence-electron chi connectivity index (χ1n) is 7.02. The topological polar surface area (TPSA) is 106 Å². The average molecular weight is 317 g/mol. The lowest BCUT2D eigenvalue weighted by Crippen LogP contribution is -2.26. The van der Waals surface area contributed by atoms with Crippen LogP contribution in [0, 0.1) is 13.8 Å². The van der Waals surface area contributed by atoms with E-state index in [2.05, 4.69) is 23.8 Å². The second kappa shape index (κ2) is 9.39. The van der Waals surface area contributed by atoms with Gasteiger partial charge in [0.15, 0.2) is 0 Å². The summed E-state index contributed by atoms with van der Waals surface area (Å²) in [6.45, 7) is 4.45. The number of hydrazine groups is 2. The Morgan fingerprint density at radius 2 is 1.91 bits per heavy atom. The molecular weight excluding hydrogens is 294 g/mol. The summed E-state index contributed by atoms with van der Waals surface area (Å²) in [7, 11) is 1.82. The Morgan fingerprint density at radius 3 is 2.48 bits per heavy atom. The summed E-state index contributed by atoms with van der Waals surface area (Å²) in [6.07, 6.45) is 0.403. The highest BCUT2D eigenvalue weighted by Gasteiger charge is 2.09. The molecule has 1 heterocycles. The van der Waals surface area contributed by atoms with E-state index in [9.17, 15) is 0 Å². The first-order valence-corrected chi connectivity index (χ1v) is 7.02. The Labute approximate surface area is 136 Å². The van der Waals surface area contributed by atoms with Gasteiger partial charge in [0.05, 0.1) is 5.69 Å². The molecule has 5 N–H and O–H groups in total. The van der Waals surface area contributed by atoms with Crippen LogP contribution in [0.5, 0.6) is 5.88 Å². The molecule has 1 aromatic heterocycles. The van der Waals surface area contributed by atoms with Crippen molar-refractivity contribution in [1.82, 2.24) is 10.4 Å². The minimum atomic E-state index is 0.403. The zero-order valence-electron chi connectivity index (χ0n) is 13.6. The van der Waals surface area contributed by atoms with E-state index in [1.165, 1.54) is 0 Å². The zero-order valence-corrected chi connectivity index (χ0v) is 13.6. The Bertz CT molecular complexity index is 632. The predicted octanol–water partition coefficient (Wildman–Crippen LogP) is 1.19. The fourth-order valence-electron chi connectivity index (χ4n) is 1.95. The van der Waals surface area contributed by atoms with Crippen LogP contribution < -0.4 is 26.9 Å². The molecule has 124 valence electrons. The van der Waals surface area contributed by atoms with Crippen molar-refractivity contribution in [3.63, 3.8) is 0 Å². The van der Waals surface area contributed by atoms with Crippen LogP contribution in [0.25, 0.3) is 0 Å². The molecule has 0 spiro atoms. The van der Waals surface area contributed by atoms with Crippen LogP contribution in [0.1, 0.15) is 16.8 Å². The Morgan fingerprint density at radius 1 is 1.26 bits per heavy atom. The van der Waals surface area contributed by atoms with E-state index in [4.69, 9.17) is 15.4 Å². The maximum atomic E-state index is 8.94. The van der Waals surface area contributed by atoms with Crippen molar-refractivity contribution >= 4 is 12.1 Å². The lowest BCUT2D eigenvalue weighted by molar-refractivity contribution is -0.109. The number of hydrogen-bond donors (Lipinski definition) is 3. The highest BCUT2D eigenvalue weighted by Crippen LogP contribution is 2.22. The van der Waals surface area contributed by atoms with Gasteiger partial charge >= 0.3 is 0 Å². The van der Waals surface area contributed by atoms with Gasteiger partial charge in [0, 0.05) is 24.4 Å². The van der Waals surface area contributed by atoms with Crippen molar-refractivity contribution < 1.29 is 9.53 Å². The number of nitrogens with zero attached hydrogens (tertiary/aromatic N) is 2. The van der Waals surface area contributed by atoms with Crippen molar-refractivity contribution in [3.05, 3.63) is 53.2 Å². The number of amides is 1. The number of rotatable bonds is 5. The first-order chi connectivity index (χ1) is 11.0. The second-order valence-corrected chi connectivity index (χ2v) is 4.87. The molecule has 0 saturated carbocycles. The number of benzene rings is 1. The number of ether oxygens (including phenoxy) is 1. The number of aryl methyl sites for hydroxylation is 2. The van der Waals surface area contributed by atoms with Gasteiger partial charge in [-0.1, -0.05) is 18.2 Å². The van der Waals surface area contributed by atoms with E-state index >= 15 is 0 Å². The van der Waals surface area contributed by atoms with Crippen LogP contribution in [0.15, 0.2) is 36.4 Å². The van der Waals surface area contributed by atoms with Crippen molar-refractivity contribution in [2.45, 2.75) is 20.5 Å². The van der Waals surface area contributed by atoms with Gasteiger partial charge < -0.3 is 9.75 Å². The third-order valence-corrected chi connectivity index (χ3v) is 3.06. The summed E-state index contributed by atoms with van der Waals surface area (Å²) in [6, 6.07) is 11.8. The summed E-state index contributed by atoms with van der Waals surface area (Å²) in [5.74, 6) is 10.9. The monoisotopic (exact) mass is 317 g/mol. The molecule has 0 saturated heterocycles. The summed E-state index contributed by atoms with van der Waals surface area (Å²) in [4.78, 5) is 13.3. The van der Waals surface area contributed by atoms with Crippen molar-refractivity contribution in [2.24, 2.45) is 11.7 Å². The number of nitrogens with two attached hydrogens (primary N) is 2. The number of aromatic nitrogens is 1. The second-order valence-electron chi connectivity index (χ2n) is 4.87. The van der Waals surface area contributed by atoms with Gasteiger partial charge in [-0.15, -0.1) is 0 Å². The maximum Gasteiger partial charge on any atom is 0.221 e. The van der Waals surface area contributed by atoms with E-state index in [0.717, 1.165) is 22.5 Å². The molecule has 7 heteroatoms. The summed E-state index contributed by atoms with van der Waals surface area (Å²) in [5, 5.41) is 1.61. The van der Waals surface area contributed by atoms with Crippen LogP contribution >= 0.6 is 0 Å². The number of nitrogens with one attached hydrogen (secondary N) is 1. The summed E-state index contributed by atoms with van der Waals surface area (Å²) in [5.41, 5.74) is 5.89. The molecule has 7 nitrogen and oxygen atoms in total. The number of carbonyl (C=O) groups is 1. The molecule has 0 atom stereocenters. The van der Waals surface area contributed by atoms with Gasteiger partial charge in [-0.25, -0.2) is 16.7 Å². The quantitative estimate of drug-likeness (QED) is 0.331. The van der Waals surface area contributed by atoms with Gasteiger partial charge in [0.2, 0.25) is 12.3 Å². The largest absolute Gasteiger partial charge is 0.473 e. The van der Waals surface area contributed by atoms with Crippen molar-refractivity contribution in [3.8, 4) is 5.88 Å². The normalized spacial score (nSPS) is 9.43.